The molecule has 0 radical (unpaired) electrons. The van der Waals surface area contributed by atoms with Crippen LogP contribution in [0.15, 0.2) is 0 Å². The fourth-order valence-corrected chi connectivity index (χ4v) is 9.33. The van der Waals surface area contributed by atoms with Gasteiger partial charge in [0, 0.05) is 0 Å². The summed E-state index contributed by atoms with van der Waals surface area (Å²) in [6.07, 6.45) is 0. The van der Waals surface area contributed by atoms with Crippen LogP contribution in [0, 0.1) is 0 Å². The van der Waals surface area contributed by atoms with Gasteiger partial charge in [-0.15, -0.1) is 11.1 Å². The van der Waals surface area contributed by atoms with E-state index in [1.165, 1.54) is 0 Å². The Morgan fingerprint density at radius 1 is 1.25 bits per heavy atom. The Balaban J connectivity index is 4.35. The smallest absolute Gasteiger partial charge is 0.284 e. The lowest BCUT2D eigenvalue weighted by Crippen LogP contribution is -2.57. The first kappa shape index (κ1) is 12.6. The van der Waals surface area contributed by atoms with E-state index in [9.17, 15) is 0 Å². The largest absolute Gasteiger partial charge is 0.324 e. The van der Waals surface area contributed by atoms with Crippen molar-refractivity contribution in [3.05, 3.63) is 0 Å². The first-order valence-electron chi connectivity index (χ1n) is 4.38. The van der Waals surface area contributed by atoms with Crippen molar-refractivity contribution in [2.75, 3.05) is 20.6 Å². The van der Waals surface area contributed by atoms with E-state index in [1.807, 2.05) is 0 Å². The van der Waals surface area contributed by atoms with Gasteiger partial charge in [-0.05, 0) is 20.6 Å². The molecule has 0 spiro atoms. The Kier molecular flexibility index (Phi) is 5.02. The Bertz CT molecular complexity index is 136. The van der Waals surface area contributed by atoms with E-state index in [2.05, 4.69) is 49.5 Å². The van der Waals surface area contributed by atoms with Crippen molar-refractivity contribution in [1.29, 1.82) is 0 Å². The van der Waals surface area contributed by atoms with E-state index in [4.69, 9.17) is 11.1 Å². The quantitative estimate of drug-likeness (QED) is 0.530. The van der Waals surface area contributed by atoms with Crippen LogP contribution in [0.2, 0.25) is 19.6 Å². The number of nitrogens with zero attached hydrogens (tertiary/aromatic N) is 2. The molecule has 0 heterocycles. The summed E-state index contributed by atoms with van der Waals surface area (Å²) in [5, 5.41) is 0. The van der Waals surface area contributed by atoms with Crippen molar-refractivity contribution >= 4 is 27.7 Å². The summed E-state index contributed by atoms with van der Waals surface area (Å²) in [5.74, 6) is 0. The van der Waals surface area contributed by atoms with Gasteiger partial charge in [-0.25, -0.2) is 0 Å². The van der Waals surface area contributed by atoms with Crippen LogP contribution in [0.25, 0.3) is 0 Å². The van der Waals surface area contributed by atoms with Gasteiger partial charge in [-0.3, -0.25) is 0 Å². The molecule has 0 saturated heterocycles. The standard InChI is InChI=1S/C7H21ClN2Si2/c1-7-10(12(4,5)6)11(8)9(2)3/h11H,7H2,1-6H3. The average Bonchev–Trinajstić information content (AvgIpc) is 1.85. The van der Waals surface area contributed by atoms with Gasteiger partial charge in [-0.1, -0.05) is 26.6 Å². The molecule has 1 atom stereocenters. The molecule has 0 amide bonds. The highest BCUT2D eigenvalue weighted by Gasteiger charge is 2.30. The molecule has 5 heteroatoms. The molecule has 0 N–H and O–H groups in total. The number of hydrogen-bond acceptors (Lipinski definition) is 2. The van der Waals surface area contributed by atoms with E-state index in [-0.39, 0.29) is 0 Å². The normalized spacial score (nSPS) is 15.8. The average molecular weight is 225 g/mol. The van der Waals surface area contributed by atoms with Crippen LogP contribution < -0.4 is 0 Å². The minimum Gasteiger partial charge on any atom is -0.324 e. The molecule has 0 fully saturated rings. The number of hydrogen-bond donors (Lipinski definition) is 0. The highest BCUT2D eigenvalue weighted by Crippen LogP contribution is 2.14. The third kappa shape index (κ3) is 3.57. The van der Waals surface area contributed by atoms with E-state index in [0.717, 1.165) is 6.54 Å². The van der Waals surface area contributed by atoms with E-state index < -0.39 is 16.7 Å². The molecule has 0 bridgehead atoms. The summed E-state index contributed by atoms with van der Waals surface area (Å²) in [7, 11) is 1.65. The Morgan fingerprint density at radius 3 is 1.75 bits per heavy atom. The summed E-state index contributed by atoms with van der Waals surface area (Å²) in [6.45, 7) is 10.3. The second kappa shape index (κ2) is 4.76. The minimum atomic E-state index is -1.31. The lowest BCUT2D eigenvalue weighted by molar-refractivity contribution is 0.556. The second-order valence-corrected chi connectivity index (χ2v) is 13.1. The summed E-state index contributed by atoms with van der Waals surface area (Å²) >= 11 is 6.39. The molecule has 0 aliphatic heterocycles. The molecule has 0 aromatic heterocycles. The van der Waals surface area contributed by atoms with Crippen LogP contribution in [-0.2, 0) is 0 Å². The lowest BCUT2D eigenvalue weighted by atomic mass is 10.8. The molecule has 0 aromatic rings. The fourth-order valence-electron chi connectivity index (χ4n) is 1.22. The summed E-state index contributed by atoms with van der Waals surface area (Å²) in [6, 6.07) is 0. The van der Waals surface area contributed by atoms with Gasteiger partial charge < -0.3 is 8.80 Å². The van der Waals surface area contributed by atoms with Gasteiger partial charge in [-0.2, -0.15) is 0 Å². The molecule has 0 saturated carbocycles. The van der Waals surface area contributed by atoms with Gasteiger partial charge in [0.05, 0.1) is 0 Å². The van der Waals surface area contributed by atoms with Crippen molar-refractivity contribution in [3.8, 4) is 0 Å². The Hall–Kier alpha value is 0.644. The summed E-state index contributed by atoms with van der Waals surface area (Å²) in [5.41, 5.74) is 0. The van der Waals surface area contributed by atoms with Crippen molar-refractivity contribution < 1.29 is 0 Å². The first-order valence-corrected chi connectivity index (χ1v) is 10.6. The number of rotatable bonds is 4. The predicted octanol–water partition coefficient (Wildman–Crippen LogP) is 1.66. The van der Waals surface area contributed by atoms with Gasteiger partial charge >= 0.3 is 0 Å². The zero-order valence-corrected chi connectivity index (χ0v) is 12.0. The van der Waals surface area contributed by atoms with Gasteiger partial charge in [0.2, 0.25) is 0 Å². The molecule has 12 heavy (non-hydrogen) atoms. The van der Waals surface area contributed by atoms with Crippen LogP contribution in [0.4, 0.5) is 0 Å². The van der Waals surface area contributed by atoms with Crippen LogP contribution >= 0.6 is 11.1 Å². The zero-order chi connectivity index (χ0) is 9.94. The third-order valence-corrected chi connectivity index (χ3v) is 11.1. The van der Waals surface area contributed by atoms with Crippen LogP contribution in [0.5, 0.6) is 0 Å². The van der Waals surface area contributed by atoms with Crippen molar-refractivity contribution in [1.82, 2.24) is 8.80 Å². The SMILES string of the molecule is CCN([SiH](Cl)N(C)C)[Si](C)(C)C. The van der Waals surface area contributed by atoms with Gasteiger partial charge in [0.25, 0.3) is 8.43 Å². The van der Waals surface area contributed by atoms with Crippen molar-refractivity contribution in [3.63, 3.8) is 0 Å². The van der Waals surface area contributed by atoms with Crippen molar-refractivity contribution in [2.45, 2.75) is 26.6 Å². The molecular weight excluding hydrogens is 204 g/mol. The van der Waals surface area contributed by atoms with Crippen LogP contribution in [0.3, 0.4) is 0 Å². The number of halogens is 1. The molecular formula is C7H21ClN2Si2. The highest BCUT2D eigenvalue weighted by molar-refractivity contribution is 7.08. The zero-order valence-electron chi connectivity index (χ0n) is 9.06. The summed E-state index contributed by atoms with van der Waals surface area (Å²) in [4.78, 5) is 0. The molecule has 0 aromatic carbocycles. The maximum atomic E-state index is 6.39. The maximum absolute atomic E-state index is 6.39. The topological polar surface area (TPSA) is 6.48 Å². The fraction of sp³-hybridized carbons (Fsp3) is 1.00. The molecule has 74 valence electrons. The van der Waals surface area contributed by atoms with Gasteiger partial charge in [0.15, 0.2) is 0 Å². The lowest BCUT2D eigenvalue weighted by Gasteiger charge is -2.38. The first-order chi connectivity index (χ1) is 5.30. The van der Waals surface area contributed by atoms with Crippen LogP contribution in [0.1, 0.15) is 6.92 Å². The third-order valence-electron chi connectivity index (χ3n) is 1.89. The predicted molar refractivity (Wildman–Crippen MR) is 62.4 cm³/mol. The van der Waals surface area contributed by atoms with Crippen LogP contribution in [-0.4, -0.2) is 46.1 Å². The molecule has 2 nitrogen and oxygen atoms in total. The Labute approximate surface area is 84.1 Å². The van der Waals surface area contributed by atoms with Gasteiger partial charge in [0.1, 0.15) is 8.24 Å². The molecule has 0 rings (SSSR count). The second-order valence-electron chi connectivity index (χ2n) is 4.23. The minimum absolute atomic E-state index is 1.09. The monoisotopic (exact) mass is 224 g/mol. The molecule has 1 unspecified atom stereocenters. The van der Waals surface area contributed by atoms with E-state index >= 15 is 0 Å². The van der Waals surface area contributed by atoms with E-state index in [0.29, 0.717) is 0 Å². The maximum Gasteiger partial charge on any atom is 0.284 e. The molecule has 0 aliphatic carbocycles. The summed E-state index contributed by atoms with van der Waals surface area (Å²) < 4.78 is 4.71. The molecule has 0 aliphatic rings. The van der Waals surface area contributed by atoms with E-state index in [1.54, 1.807) is 0 Å². The highest BCUT2D eigenvalue weighted by atomic mass is 35.6. The Morgan fingerprint density at radius 2 is 1.67 bits per heavy atom. The van der Waals surface area contributed by atoms with Crippen molar-refractivity contribution in [2.24, 2.45) is 0 Å².